The fourth-order valence-electron chi connectivity index (χ4n) is 2.29. The van der Waals surface area contributed by atoms with Crippen LogP contribution in [0.3, 0.4) is 0 Å². The number of aromatic amines is 1. The number of aliphatic hydroxyl groups excluding tert-OH is 1. The second kappa shape index (κ2) is 3.79. The molecule has 0 aliphatic heterocycles. The summed E-state index contributed by atoms with van der Waals surface area (Å²) >= 11 is 0. The van der Waals surface area contributed by atoms with Crippen LogP contribution >= 0.6 is 0 Å². The highest BCUT2D eigenvalue weighted by Crippen LogP contribution is 2.36. The first-order chi connectivity index (χ1) is 7.13. The molecular weight excluding hydrogens is 196 g/mol. The normalized spacial score (nSPS) is 31.0. The van der Waals surface area contributed by atoms with E-state index in [2.05, 4.69) is 10.2 Å². The maximum Gasteiger partial charge on any atom is 0.343 e. The van der Waals surface area contributed by atoms with Crippen molar-refractivity contribution in [3.05, 3.63) is 16.3 Å². The Morgan fingerprint density at radius 1 is 1.67 bits per heavy atom. The van der Waals surface area contributed by atoms with Crippen molar-refractivity contribution in [2.45, 2.75) is 24.9 Å². The van der Waals surface area contributed by atoms with Gasteiger partial charge in [-0.05, 0) is 25.3 Å². The molecule has 0 saturated heterocycles. The molecule has 1 aromatic heterocycles. The Labute approximate surface area is 87.1 Å². The van der Waals surface area contributed by atoms with Gasteiger partial charge >= 0.3 is 5.69 Å². The summed E-state index contributed by atoms with van der Waals surface area (Å²) in [5.41, 5.74) is 5.34. The maximum absolute atomic E-state index is 11.2. The lowest BCUT2D eigenvalue weighted by Crippen LogP contribution is -2.21. The SMILES string of the molecule is Cn1c([C@H]2C[C@H](CN)[C@H](O)C2)n[nH]c1=O. The first-order valence-electron chi connectivity index (χ1n) is 5.13. The molecule has 84 valence electrons. The molecular formula is C9H16N4O2. The predicted molar refractivity (Wildman–Crippen MR) is 54.4 cm³/mol. The van der Waals surface area contributed by atoms with Crippen molar-refractivity contribution >= 4 is 0 Å². The van der Waals surface area contributed by atoms with E-state index in [4.69, 9.17) is 5.73 Å². The topological polar surface area (TPSA) is 96.9 Å². The smallest absolute Gasteiger partial charge is 0.343 e. The third-order valence-corrected chi connectivity index (χ3v) is 3.24. The zero-order valence-electron chi connectivity index (χ0n) is 8.68. The Balaban J connectivity index is 2.20. The van der Waals surface area contributed by atoms with Gasteiger partial charge in [0.15, 0.2) is 0 Å². The van der Waals surface area contributed by atoms with Gasteiger partial charge in [-0.25, -0.2) is 9.89 Å². The number of aliphatic hydroxyl groups is 1. The van der Waals surface area contributed by atoms with Gasteiger partial charge in [0.25, 0.3) is 0 Å². The molecule has 1 aliphatic rings. The standard InChI is InChI=1S/C9H16N4O2/c1-13-8(11-12-9(13)15)5-2-6(4-10)7(14)3-5/h5-7,14H,2-4,10H2,1H3,(H,12,15)/t5-,6+,7+/m0/s1. The van der Waals surface area contributed by atoms with Crippen LogP contribution in [0.15, 0.2) is 4.79 Å². The summed E-state index contributed by atoms with van der Waals surface area (Å²) in [5, 5.41) is 16.1. The van der Waals surface area contributed by atoms with Crippen LogP contribution in [0.1, 0.15) is 24.6 Å². The highest BCUT2D eigenvalue weighted by atomic mass is 16.3. The fourth-order valence-corrected chi connectivity index (χ4v) is 2.29. The largest absolute Gasteiger partial charge is 0.393 e. The number of nitrogens with zero attached hydrogens (tertiary/aromatic N) is 2. The van der Waals surface area contributed by atoms with Gasteiger partial charge < -0.3 is 10.8 Å². The van der Waals surface area contributed by atoms with E-state index in [1.807, 2.05) is 0 Å². The minimum atomic E-state index is -0.369. The fraction of sp³-hybridized carbons (Fsp3) is 0.778. The Bertz CT molecular complexity index is 397. The van der Waals surface area contributed by atoms with E-state index in [1.54, 1.807) is 7.05 Å². The average molecular weight is 212 g/mol. The zero-order valence-corrected chi connectivity index (χ0v) is 8.68. The number of hydrogen-bond donors (Lipinski definition) is 3. The molecule has 0 aromatic carbocycles. The molecule has 6 nitrogen and oxygen atoms in total. The number of nitrogens with two attached hydrogens (primary N) is 1. The molecule has 1 heterocycles. The number of nitrogens with one attached hydrogen (secondary N) is 1. The lowest BCUT2D eigenvalue weighted by atomic mass is 10.0. The maximum atomic E-state index is 11.2. The molecule has 0 amide bonds. The quantitative estimate of drug-likeness (QED) is 0.581. The van der Waals surface area contributed by atoms with Crippen LogP contribution in [0, 0.1) is 5.92 Å². The third kappa shape index (κ3) is 1.70. The molecule has 1 aliphatic carbocycles. The van der Waals surface area contributed by atoms with E-state index in [-0.39, 0.29) is 23.6 Å². The van der Waals surface area contributed by atoms with E-state index in [0.29, 0.717) is 13.0 Å². The second-order valence-corrected chi connectivity index (χ2v) is 4.18. The summed E-state index contributed by atoms with van der Waals surface area (Å²) in [6.07, 6.45) is 1.07. The number of H-pyrrole nitrogens is 1. The molecule has 0 unspecified atom stereocenters. The number of hydrogen-bond acceptors (Lipinski definition) is 4. The lowest BCUT2D eigenvalue weighted by Gasteiger charge is -2.09. The van der Waals surface area contributed by atoms with Crippen LogP contribution in [0.5, 0.6) is 0 Å². The van der Waals surface area contributed by atoms with Gasteiger partial charge in [0.1, 0.15) is 5.82 Å². The minimum Gasteiger partial charge on any atom is -0.393 e. The molecule has 1 aromatic rings. The summed E-state index contributed by atoms with van der Waals surface area (Å²) in [6, 6.07) is 0. The van der Waals surface area contributed by atoms with Crippen molar-refractivity contribution in [3.63, 3.8) is 0 Å². The van der Waals surface area contributed by atoms with Crippen molar-refractivity contribution < 1.29 is 5.11 Å². The summed E-state index contributed by atoms with van der Waals surface area (Å²) < 4.78 is 1.50. The van der Waals surface area contributed by atoms with Gasteiger partial charge in [-0.15, -0.1) is 0 Å². The van der Waals surface area contributed by atoms with Gasteiger partial charge in [-0.1, -0.05) is 0 Å². The molecule has 0 radical (unpaired) electrons. The van der Waals surface area contributed by atoms with Gasteiger partial charge in [0, 0.05) is 13.0 Å². The van der Waals surface area contributed by atoms with Crippen molar-refractivity contribution in [1.82, 2.24) is 14.8 Å². The van der Waals surface area contributed by atoms with E-state index < -0.39 is 0 Å². The Morgan fingerprint density at radius 2 is 2.40 bits per heavy atom. The van der Waals surface area contributed by atoms with Crippen molar-refractivity contribution in [3.8, 4) is 0 Å². The molecule has 1 fully saturated rings. The highest BCUT2D eigenvalue weighted by Gasteiger charge is 2.35. The summed E-state index contributed by atoms with van der Waals surface area (Å²) in [7, 11) is 1.68. The molecule has 0 bridgehead atoms. The van der Waals surface area contributed by atoms with Gasteiger partial charge in [-0.3, -0.25) is 4.57 Å². The summed E-state index contributed by atoms with van der Waals surface area (Å²) in [6.45, 7) is 0.482. The molecule has 3 atom stereocenters. The average Bonchev–Trinajstić information content (AvgIpc) is 2.72. The lowest BCUT2D eigenvalue weighted by molar-refractivity contribution is 0.136. The van der Waals surface area contributed by atoms with E-state index in [9.17, 15) is 9.90 Å². The minimum absolute atomic E-state index is 0.127. The van der Waals surface area contributed by atoms with Gasteiger partial charge in [-0.2, -0.15) is 5.10 Å². The van der Waals surface area contributed by atoms with E-state index in [0.717, 1.165) is 12.2 Å². The van der Waals surface area contributed by atoms with Crippen molar-refractivity contribution in [1.29, 1.82) is 0 Å². The summed E-state index contributed by atoms with van der Waals surface area (Å²) in [5.74, 6) is 0.981. The Kier molecular flexibility index (Phi) is 2.62. The van der Waals surface area contributed by atoms with Crippen LogP contribution in [0.25, 0.3) is 0 Å². The molecule has 1 saturated carbocycles. The monoisotopic (exact) mass is 212 g/mol. The van der Waals surface area contributed by atoms with Gasteiger partial charge in [0.2, 0.25) is 0 Å². The molecule has 2 rings (SSSR count). The highest BCUT2D eigenvalue weighted by molar-refractivity contribution is 5.02. The predicted octanol–water partition coefficient (Wildman–Crippen LogP) is -1.08. The van der Waals surface area contributed by atoms with E-state index >= 15 is 0 Å². The van der Waals surface area contributed by atoms with Crippen molar-refractivity contribution in [2.24, 2.45) is 18.7 Å². The van der Waals surface area contributed by atoms with Crippen LogP contribution in [0.2, 0.25) is 0 Å². The number of rotatable bonds is 2. The second-order valence-electron chi connectivity index (χ2n) is 4.18. The molecule has 4 N–H and O–H groups in total. The first kappa shape index (κ1) is 10.4. The van der Waals surface area contributed by atoms with E-state index in [1.165, 1.54) is 4.57 Å². The van der Waals surface area contributed by atoms with Gasteiger partial charge in [0.05, 0.1) is 6.10 Å². The molecule has 0 spiro atoms. The molecule has 15 heavy (non-hydrogen) atoms. The zero-order chi connectivity index (χ0) is 11.0. The Hall–Kier alpha value is -1.14. The van der Waals surface area contributed by atoms with Crippen LogP contribution in [-0.4, -0.2) is 32.5 Å². The van der Waals surface area contributed by atoms with Crippen LogP contribution < -0.4 is 11.4 Å². The van der Waals surface area contributed by atoms with Crippen molar-refractivity contribution in [2.75, 3.05) is 6.54 Å². The number of aromatic nitrogens is 3. The summed E-state index contributed by atoms with van der Waals surface area (Å²) in [4.78, 5) is 11.2. The molecule has 6 heteroatoms. The Morgan fingerprint density at radius 3 is 2.87 bits per heavy atom. The third-order valence-electron chi connectivity index (χ3n) is 3.24. The first-order valence-corrected chi connectivity index (χ1v) is 5.13. The van der Waals surface area contributed by atoms with Crippen LogP contribution in [0.4, 0.5) is 0 Å². The van der Waals surface area contributed by atoms with Crippen LogP contribution in [-0.2, 0) is 7.05 Å².